The molecule has 31 heavy (non-hydrogen) atoms. The van der Waals surface area contributed by atoms with E-state index in [4.69, 9.17) is 9.47 Å². The maximum atomic E-state index is 12.7. The van der Waals surface area contributed by atoms with Crippen LogP contribution in [0.2, 0.25) is 0 Å². The van der Waals surface area contributed by atoms with Crippen molar-refractivity contribution in [3.8, 4) is 11.8 Å². The van der Waals surface area contributed by atoms with Gasteiger partial charge in [-0.2, -0.15) is 9.97 Å². The lowest BCUT2D eigenvalue weighted by molar-refractivity contribution is 0.256. The van der Waals surface area contributed by atoms with E-state index in [1.165, 1.54) is 52.6 Å². The molecule has 0 atom stereocenters. The summed E-state index contributed by atoms with van der Waals surface area (Å²) in [5, 5.41) is 2.19. The Kier molecular flexibility index (Phi) is 7.75. The van der Waals surface area contributed by atoms with Gasteiger partial charge >= 0.3 is 6.03 Å². The molecule has 0 aliphatic rings. The van der Waals surface area contributed by atoms with E-state index < -0.39 is 26.1 Å². The molecule has 0 unspecified atom stereocenters. The minimum atomic E-state index is -4.32. The van der Waals surface area contributed by atoms with Gasteiger partial charge in [-0.25, -0.2) is 30.7 Å². The quantitative estimate of drug-likeness (QED) is 0.527. The fourth-order valence-corrected chi connectivity index (χ4v) is 4.39. The van der Waals surface area contributed by atoms with Crippen molar-refractivity contribution in [2.24, 2.45) is 0 Å². The van der Waals surface area contributed by atoms with Crippen molar-refractivity contribution in [2.45, 2.75) is 11.3 Å². The van der Waals surface area contributed by atoms with E-state index in [0.717, 1.165) is 4.31 Å². The molecule has 170 valence electrons. The molecule has 2 N–H and O–H groups in total. The Bertz CT molecular complexity index is 1130. The van der Waals surface area contributed by atoms with E-state index >= 15 is 0 Å². The molecule has 2 amide bonds. The number of ether oxygens (including phenoxy) is 2. The van der Waals surface area contributed by atoms with Crippen LogP contribution in [0.25, 0.3) is 0 Å². The largest absolute Gasteiger partial charge is 0.481 e. The fourth-order valence-electron chi connectivity index (χ4n) is 2.37. The van der Waals surface area contributed by atoms with E-state index in [1.54, 1.807) is 6.07 Å². The van der Waals surface area contributed by atoms with Crippen molar-refractivity contribution in [3.63, 3.8) is 0 Å². The minimum absolute atomic E-state index is 0.0601. The number of hydrogen-bond acceptors (Lipinski definition) is 9. The van der Waals surface area contributed by atoms with Crippen LogP contribution in [0.5, 0.6) is 11.8 Å². The zero-order valence-corrected chi connectivity index (χ0v) is 18.9. The molecule has 2 rings (SSSR count). The van der Waals surface area contributed by atoms with Crippen molar-refractivity contribution in [1.29, 1.82) is 0 Å². The first-order chi connectivity index (χ1) is 14.5. The van der Waals surface area contributed by atoms with Gasteiger partial charge in [0.15, 0.2) is 0 Å². The summed E-state index contributed by atoms with van der Waals surface area (Å²) >= 11 is 0. The highest BCUT2D eigenvalue weighted by molar-refractivity contribution is 7.90. The number of nitrogens with one attached hydrogen (secondary N) is 2. The van der Waals surface area contributed by atoms with Crippen LogP contribution in [0.3, 0.4) is 0 Å². The van der Waals surface area contributed by atoms with Crippen LogP contribution < -0.4 is 19.5 Å². The molecule has 0 aliphatic carbocycles. The molecule has 1 aromatic carbocycles. The SMILES string of the molecule is COc1cc(OC)nc(NC(=O)NS(=O)(=O)c2ccccc2CCS(=O)(=O)N(C)C)n1. The summed E-state index contributed by atoms with van der Waals surface area (Å²) in [5.74, 6) is -0.347. The molecule has 12 nitrogen and oxygen atoms in total. The predicted molar refractivity (Wildman–Crippen MR) is 112 cm³/mol. The van der Waals surface area contributed by atoms with Gasteiger partial charge in [0.25, 0.3) is 10.0 Å². The van der Waals surface area contributed by atoms with Gasteiger partial charge in [0.1, 0.15) is 0 Å². The van der Waals surface area contributed by atoms with Crippen molar-refractivity contribution in [2.75, 3.05) is 39.4 Å². The number of methoxy groups -OCH3 is 2. The number of carbonyl (C=O) groups is 1. The molecule has 0 fully saturated rings. The van der Waals surface area contributed by atoms with Crippen molar-refractivity contribution >= 4 is 32.0 Å². The van der Waals surface area contributed by atoms with Crippen molar-refractivity contribution < 1.29 is 31.1 Å². The first-order valence-electron chi connectivity index (χ1n) is 8.77. The highest BCUT2D eigenvalue weighted by Crippen LogP contribution is 2.19. The van der Waals surface area contributed by atoms with E-state index in [2.05, 4.69) is 15.3 Å². The van der Waals surface area contributed by atoms with Gasteiger partial charge in [-0.15, -0.1) is 0 Å². The average molecular weight is 474 g/mol. The summed E-state index contributed by atoms with van der Waals surface area (Å²) in [6, 6.07) is 6.05. The van der Waals surface area contributed by atoms with Crippen LogP contribution in [0.4, 0.5) is 10.7 Å². The molecular formula is C17H23N5O7S2. The first kappa shape index (κ1) is 24.3. The lowest BCUT2D eigenvalue weighted by Crippen LogP contribution is -2.35. The van der Waals surface area contributed by atoms with Gasteiger partial charge in [-0.3, -0.25) is 5.32 Å². The summed E-state index contributed by atoms with van der Waals surface area (Å²) in [6.45, 7) is 0. The number of hydrogen-bond donors (Lipinski definition) is 2. The van der Waals surface area contributed by atoms with E-state index in [0.29, 0.717) is 0 Å². The van der Waals surface area contributed by atoms with Gasteiger partial charge < -0.3 is 9.47 Å². The second kappa shape index (κ2) is 9.89. The minimum Gasteiger partial charge on any atom is -0.481 e. The zero-order valence-electron chi connectivity index (χ0n) is 17.3. The Morgan fingerprint density at radius 3 is 2.16 bits per heavy atom. The molecule has 0 radical (unpaired) electrons. The number of benzene rings is 1. The lowest BCUT2D eigenvalue weighted by atomic mass is 10.2. The first-order valence-corrected chi connectivity index (χ1v) is 11.9. The van der Waals surface area contributed by atoms with Gasteiger partial charge in [0.05, 0.1) is 30.9 Å². The number of sulfonamides is 2. The number of anilines is 1. The van der Waals surface area contributed by atoms with E-state index in [-0.39, 0.29) is 40.3 Å². The molecule has 0 saturated heterocycles. The summed E-state index contributed by atoms with van der Waals surface area (Å²) < 4.78 is 62.3. The third-order valence-corrected chi connectivity index (χ3v) is 7.26. The molecule has 2 aromatic rings. The van der Waals surface area contributed by atoms with Gasteiger partial charge in [0.2, 0.25) is 27.7 Å². The summed E-state index contributed by atoms with van der Waals surface area (Å²) in [7, 11) is -2.38. The number of aromatic nitrogens is 2. The highest BCUT2D eigenvalue weighted by atomic mass is 32.2. The molecule has 1 heterocycles. The highest BCUT2D eigenvalue weighted by Gasteiger charge is 2.23. The molecule has 1 aromatic heterocycles. The number of aryl methyl sites for hydroxylation is 1. The average Bonchev–Trinajstić information content (AvgIpc) is 2.71. The molecule has 0 bridgehead atoms. The number of carbonyl (C=O) groups excluding carboxylic acids is 1. The Morgan fingerprint density at radius 1 is 1.03 bits per heavy atom. The van der Waals surface area contributed by atoms with Gasteiger partial charge in [-0.05, 0) is 18.1 Å². The topological polar surface area (TPSA) is 157 Å². The third kappa shape index (κ3) is 6.50. The fraction of sp³-hybridized carbons (Fsp3) is 0.353. The number of nitrogens with zero attached hydrogens (tertiary/aromatic N) is 3. The molecule has 0 aliphatic heterocycles. The zero-order chi connectivity index (χ0) is 23.2. The number of urea groups is 1. The van der Waals surface area contributed by atoms with Crippen LogP contribution >= 0.6 is 0 Å². The normalized spacial score (nSPS) is 11.8. The molecule has 14 heteroatoms. The van der Waals surface area contributed by atoms with Gasteiger partial charge in [0, 0.05) is 14.1 Å². The van der Waals surface area contributed by atoms with E-state index in [9.17, 15) is 21.6 Å². The Hall–Kier alpha value is -2.97. The summed E-state index contributed by atoms with van der Waals surface area (Å²) in [4.78, 5) is 19.8. The Morgan fingerprint density at radius 2 is 1.61 bits per heavy atom. The molecule has 0 saturated carbocycles. The second-order valence-electron chi connectivity index (χ2n) is 6.29. The number of amides is 2. The molecular weight excluding hydrogens is 450 g/mol. The molecule has 0 spiro atoms. The monoisotopic (exact) mass is 473 g/mol. The predicted octanol–water partition coefficient (Wildman–Crippen LogP) is 0.438. The van der Waals surface area contributed by atoms with E-state index in [1.807, 2.05) is 4.72 Å². The smallest absolute Gasteiger partial charge is 0.335 e. The number of rotatable bonds is 9. The Balaban J connectivity index is 2.20. The van der Waals surface area contributed by atoms with Crippen LogP contribution in [0.15, 0.2) is 35.2 Å². The van der Waals surface area contributed by atoms with Crippen molar-refractivity contribution in [3.05, 3.63) is 35.9 Å². The van der Waals surface area contributed by atoms with Crippen LogP contribution in [-0.2, 0) is 26.5 Å². The summed E-state index contributed by atoms with van der Waals surface area (Å²) in [6.07, 6.45) is -0.0601. The van der Waals surface area contributed by atoms with Crippen LogP contribution in [0.1, 0.15) is 5.56 Å². The van der Waals surface area contributed by atoms with Crippen LogP contribution in [-0.4, -0.2) is 71.2 Å². The maximum absolute atomic E-state index is 12.7. The maximum Gasteiger partial charge on any atom is 0.335 e. The lowest BCUT2D eigenvalue weighted by Gasteiger charge is -2.14. The standard InChI is InChI=1S/C17H23N5O7S2/c1-22(2)30(24,25)10-9-12-7-5-6-8-13(12)31(26,27)21-17(23)20-16-18-14(28-3)11-15(19-16)29-4/h5-8,11H,9-10H2,1-4H3,(H2,18,19,20,21,23). The Labute approximate surface area is 180 Å². The summed E-state index contributed by atoms with van der Waals surface area (Å²) in [5.41, 5.74) is 0.243. The second-order valence-corrected chi connectivity index (χ2v) is 10.2. The van der Waals surface area contributed by atoms with Crippen molar-refractivity contribution in [1.82, 2.24) is 19.0 Å². The van der Waals surface area contributed by atoms with Crippen LogP contribution in [0, 0.1) is 0 Å². The van der Waals surface area contributed by atoms with Gasteiger partial charge in [-0.1, -0.05) is 18.2 Å². The third-order valence-electron chi connectivity index (χ3n) is 4.00.